The highest BCUT2D eigenvalue weighted by atomic mass is 16.5. The summed E-state index contributed by atoms with van der Waals surface area (Å²) in [6, 6.07) is 5.71. The van der Waals surface area contributed by atoms with Crippen molar-refractivity contribution in [3.63, 3.8) is 0 Å². The van der Waals surface area contributed by atoms with E-state index < -0.39 is 0 Å². The first-order valence-electron chi connectivity index (χ1n) is 6.47. The van der Waals surface area contributed by atoms with Crippen LogP contribution in [0.3, 0.4) is 0 Å². The second-order valence-corrected chi connectivity index (χ2v) is 5.06. The maximum atomic E-state index is 5.45. The van der Waals surface area contributed by atoms with Crippen molar-refractivity contribution in [2.45, 2.75) is 19.4 Å². The predicted molar refractivity (Wildman–Crippen MR) is 78.8 cm³/mol. The maximum Gasteiger partial charge on any atom is 0.143 e. The molecule has 0 aliphatic carbocycles. The molecule has 1 aromatic heterocycles. The second-order valence-electron chi connectivity index (χ2n) is 5.06. The molecule has 20 heavy (non-hydrogen) atoms. The van der Waals surface area contributed by atoms with E-state index in [1.165, 1.54) is 0 Å². The van der Waals surface area contributed by atoms with Gasteiger partial charge in [0.25, 0.3) is 0 Å². The zero-order chi connectivity index (χ0) is 14.8. The van der Waals surface area contributed by atoms with Crippen LogP contribution < -0.4 is 14.8 Å². The Morgan fingerprint density at radius 1 is 1.20 bits per heavy atom. The van der Waals surface area contributed by atoms with Crippen molar-refractivity contribution in [1.29, 1.82) is 0 Å². The summed E-state index contributed by atoms with van der Waals surface area (Å²) < 4.78 is 12.8. The zero-order valence-corrected chi connectivity index (χ0v) is 12.6. The lowest BCUT2D eigenvalue weighted by atomic mass is 10.0. The highest BCUT2D eigenvalue weighted by molar-refractivity contribution is 5.52. The van der Waals surface area contributed by atoms with Crippen LogP contribution in [0.15, 0.2) is 30.7 Å². The first-order valence-corrected chi connectivity index (χ1v) is 6.47. The Morgan fingerprint density at radius 2 is 1.95 bits per heavy atom. The summed E-state index contributed by atoms with van der Waals surface area (Å²) in [5.41, 5.74) is 1.75. The summed E-state index contributed by atoms with van der Waals surface area (Å²) in [4.78, 5) is 4.27. The minimum atomic E-state index is -0.204. The number of ether oxygens (including phenoxy) is 2. The van der Waals surface area contributed by atoms with Gasteiger partial charge in [-0.2, -0.15) is 0 Å². The number of aromatic nitrogens is 2. The van der Waals surface area contributed by atoms with Gasteiger partial charge >= 0.3 is 0 Å². The molecule has 0 unspecified atom stereocenters. The van der Waals surface area contributed by atoms with Crippen LogP contribution in [0.1, 0.15) is 19.5 Å². The van der Waals surface area contributed by atoms with Crippen LogP contribution in [0.4, 0.5) is 0 Å². The van der Waals surface area contributed by atoms with Gasteiger partial charge in [-0.25, -0.2) is 4.98 Å². The average molecular weight is 275 g/mol. The van der Waals surface area contributed by atoms with Crippen LogP contribution in [0.5, 0.6) is 11.5 Å². The monoisotopic (exact) mass is 275 g/mol. The molecular weight excluding hydrogens is 254 g/mol. The molecule has 0 spiro atoms. The Hall–Kier alpha value is -2.01. The van der Waals surface area contributed by atoms with E-state index in [9.17, 15) is 0 Å². The van der Waals surface area contributed by atoms with Gasteiger partial charge in [-0.15, -0.1) is 0 Å². The third-order valence-corrected chi connectivity index (χ3v) is 3.55. The summed E-state index contributed by atoms with van der Waals surface area (Å²) in [6.07, 6.45) is 3.64. The number of imidazole rings is 1. The highest BCUT2D eigenvalue weighted by Gasteiger charge is 2.24. The minimum absolute atomic E-state index is 0.204. The fourth-order valence-electron chi connectivity index (χ4n) is 2.06. The number of hydrogen-bond donors (Lipinski definition) is 1. The maximum absolute atomic E-state index is 5.45. The average Bonchev–Trinajstić information content (AvgIpc) is 2.96. The Morgan fingerprint density at radius 3 is 2.55 bits per heavy atom. The van der Waals surface area contributed by atoms with Crippen LogP contribution in [-0.4, -0.2) is 30.8 Å². The Balaban J connectivity index is 2.60. The molecule has 2 rings (SSSR count). The van der Waals surface area contributed by atoms with Crippen molar-refractivity contribution in [2.24, 2.45) is 0 Å². The third-order valence-electron chi connectivity index (χ3n) is 3.55. The number of hydrogen-bond acceptors (Lipinski definition) is 4. The Labute approximate surface area is 119 Å². The summed E-state index contributed by atoms with van der Waals surface area (Å²) in [6.45, 7) is 4.21. The molecule has 0 saturated heterocycles. The standard InChI is InChI=1S/C15H21N3O2/c1-15(2,16-3)14-9-17-10-18(14)12-8-11(19-4)6-7-13(12)20-5/h6-10,16H,1-5H3. The van der Waals surface area contributed by atoms with Crippen LogP contribution in [-0.2, 0) is 5.54 Å². The summed E-state index contributed by atoms with van der Waals surface area (Å²) in [7, 11) is 5.24. The molecule has 0 atom stereocenters. The lowest BCUT2D eigenvalue weighted by molar-refractivity contribution is 0.396. The van der Waals surface area contributed by atoms with E-state index in [0.29, 0.717) is 0 Å². The molecule has 0 bridgehead atoms. The van der Waals surface area contributed by atoms with E-state index in [4.69, 9.17) is 9.47 Å². The summed E-state index contributed by atoms with van der Waals surface area (Å²) in [5.74, 6) is 1.56. The molecule has 108 valence electrons. The molecule has 0 amide bonds. The lowest BCUT2D eigenvalue weighted by Crippen LogP contribution is -2.35. The third kappa shape index (κ3) is 2.49. The molecule has 0 aliphatic heterocycles. The van der Waals surface area contributed by atoms with Crippen LogP contribution >= 0.6 is 0 Å². The van der Waals surface area contributed by atoms with Crippen LogP contribution in [0, 0.1) is 0 Å². The molecular formula is C15H21N3O2. The quantitative estimate of drug-likeness (QED) is 0.910. The topological polar surface area (TPSA) is 48.3 Å². The fourth-order valence-corrected chi connectivity index (χ4v) is 2.06. The normalized spacial score (nSPS) is 11.4. The van der Waals surface area contributed by atoms with Crippen molar-refractivity contribution in [3.8, 4) is 17.2 Å². The first kappa shape index (κ1) is 14.4. The zero-order valence-electron chi connectivity index (χ0n) is 12.6. The van der Waals surface area contributed by atoms with Gasteiger partial charge in [-0.1, -0.05) is 0 Å². The first-order chi connectivity index (χ1) is 9.53. The van der Waals surface area contributed by atoms with Crippen LogP contribution in [0.2, 0.25) is 0 Å². The van der Waals surface area contributed by atoms with Crippen LogP contribution in [0.25, 0.3) is 5.69 Å². The number of rotatable bonds is 5. The molecule has 1 aromatic carbocycles. The molecule has 5 heteroatoms. The lowest BCUT2D eigenvalue weighted by Gasteiger charge is -2.26. The molecule has 0 radical (unpaired) electrons. The van der Waals surface area contributed by atoms with Gasteiger partial charge < -0.3 is 14.8 Å². The molecule has 2 aromatic rings. The van der Waals surface area contributed by atoms with Gasteiger partial charge in [0.15, 0.2) is 0 Å². The molecule has 0 fully saturated rings. The Kier molecular flexibility index (Phi) is 3.99. The highest BCUT2D eigenvalue weighted by Crippen LogP contribution is 2.31. The van der Waals surface area contributed by atoms with Gasteiger partial charge in [0, 0.05) is 6.07 Å². The van der Waals surface area contributed by atoms with Gasteiger partial charge in [0.05, 0.1) is 43.7 Å². The van der Waals surface area contributed by atoms with E-state index in [0.717, 1.165) is 22.9 Å². The van der Waals surface area contributed by atoms with E-state index in [-0.39, 0.29) is 5.54 Å². The smallest absolute Gasteiger partial charge is 0.143 e. The second kappa shape index (κ2) is 5.54. The van der Waals surface area contributed by atoms with Crippen molar-refractivity contribution < 1.29 is 9.47 Å². The molecule has 1 heterocycles. The molecule has 1 N–H and O–H groups in total. The van der Waals surface area contributed by atoms with Crippen molar-refractivity contribution in [3.05, 3.63) is 36.4 Å². The van der Waals surface area contributed by atoms with Crippen molar-refractivity contribution in [2.75, 3.05) is 21.3 Å². The van der Waals surface area contributed by atoms with Gasteiger partial charge in [-0.05, 0) is 33.0 Å². The molecule has 0 aliphatic rings. The fraction of sp³-hybridized carbons (Fsp3) is 0.400. The summed E-state index contributed by atoms with van der Waals surface area (Å²) in [5, 5.41) is 3.29. The van der Waals surface area contributed by atoms with Gasteiger partial charge in [0.2, 0.25) is 0 Å². The number of nitrogens with one attached hydrogen (secondary N) is 1. The summed E-state index contributed by atoms with van der Waals surface area (Å²) >= 11 is 0. The van der Waals surface area contributed by atoms with Gasteiger partial charge in [0.1, 0.15) is 11.5 Å². The van der Waals surface area contributed by atoms with E-state index >= 15 is 0 Å². The van der Waals surface area contributed by atoms with Gasteiger partial charge in [-0.3, -0.25) is 4.57 Å². The SMILES string of the molecule is CNC(C)(C)c1cncn1-c1cc(OC)ccc1OC. The van der Waals surface area contributed by atoms with Crippen molar-refractivity contribution >= 4 is 0 Å². The number of benzene rings is 1. The predicted octanol–water partition coefficient (Wildman–Crippen LogP) is 2.34. The molecule has 0 saturated carbocycles. The molecule has 5 nitrogen and oxygen atoms in total. The van der Waals surface area contributed by atoms with E-state index in [1.54, 1.807) is 20.5 Å². The minimum Gasteiger partial charge on any atom is -0.497 e. The largest absolute Gasteiger partial charge is 0.497 e. The van der Waals surface area contributed by atoms with E-state index in [1.807, 2.05) is 36.0 Å². The number of nitrogens with zero attached hydrogens (tertiary/aromatic N) is 2. The van der Waals surface area contributed by atoms with E-state index in [2.05, 4.69) is 24.1 Å². The Bertz CT molecular complexity index is 591. The van der Waals surface area contributed by atoms with Crippen molar-refractivity contribution in [1.82, 2.24) is 14.9 Å². The number of methoxy groups -OCH3 is 2.